The summed E-state index contributed by atoms with van der Waals surface area (Å²) in [5.74, 6) is 0.750. The van der Waals surface area contributed by atoms with Crippen molar-refractivity contribution in [3.63, 3.8) is 0 Å². The van der Waals surface area contributed by atoms with Crippen LogP contribution in [0.5, 0.6) is 0 Å². The van der Waals surface area contributed by atoms with Gasteiger partial charge in [0.1, 0.15) is 0 Å². The molecule has 0 aliphatic heterocycles. The topological polar surface area (TPSA) is 0 Å². The van der Waals surface area contributed by atoms with Gasteiger partial charge in [0.2, 0.25) is 0 Å². The van der Waals surface area contributed by atoms with E-state index in [4.69, 9.17) is 0 Å². The molecule has 1 saturated carbocycles. The first-order valence-electron chi connectivity index (χ1n) is 7.84. The Morgan fingerprint density at radius 2 is 1.20 bits per heavy atom. The summed E-state index contributed by atoms with van der Waals surface area (Å²) in [7, 11) is 0. The van der Waals surface area contributed by atoms with Gasteiger partial charge in [-0.15, -0.1) is 0 Å². The molecule has 0 unspecified atom stereocenters. The molecule has 0 heterocycles. The van der Waals surface area contributed by atoms with Crippen LogP contribution in [0.4, 0.5) is 0 Å². The lowest BCUT2D eigenvalue weighted by Gasteiger charge is -2.25. The van der Waals surface area contributed by atoms with Crippen molar-refractivity contribution in [3.8, 4) is 0 Å². The largest absolute Gasteiger partial charge is 0.0616 e. The van der Waals surface area contributed by atoms with Gasteiger partial charge >= 0.3 is 0 Å². The molecule has 0 heteroatoms. The van der Waals surface area contributed by atoms with Gasteiger partial charge in [-0.25, -0.2) is 0 Å². The maximum absolute atomic E-state index is 2.34. The third-order valence-electron chi connectivity index (χ3n) is 4.83. The summed E-state index contributed by atoms with van der Waals surface area (Å²) in [6.45, 7) is 0. The Balaban J connectivity index is 2.06. The van der Waals surface area contributed by atoms with Crippen molar-refractivity contribution in [3.05, 3.63) is 60.2 Å². The van der Waals surface area contributed by atoms with Crippen LogP contribution in [0.2, 0.25) is 0 Å². The Morgan fingerprint density at radius 3 is 1.80 bits per heavy atom. The Hall–Kier alpha value is -1.82. The third kappa shape index (κ3) is 1.91. The fourth-order valence-corrected chi connectivity index (χ4v) is 3.88. The predicted molar refractivity (Wildman–Crippen MR) is 87.3 cm³/mol. The molecule has 0 atom stereocenters. The minimum atomic E-state index is 0.750. The molecule has 3 aromatic carbocycles. The van der Waals surface area contributed by atoms with E-state index < -0.39 is 0 Å². The van der Waals surface area contributed by atoms with Gasteiger partial charge in [-0.1, -0.05) is 67.8 Å². The second-order valence-corrected chi connectivity index (χ2v) is 6.07. The maximum atomic E-state index is 2.34. The predicted octanol–water partition coefficient (Wildman–Crippen LogP) is 6.04. The van der Waals surface area contributed by atoms with Gasteiger partial charge in [-0.2, -0.15) is 0 Å². The Morgan fingerprint density at radius 1 is 0.650 bits per heavy atom. The van der Waals surface area contributed by atoms with E-state index in [1.54, 1.807) is 5.56 Å². The number of hydrogen-bond acceptors (Lipinski definition) is 0. The van der Waals surface area contributed by atoms with Crippen molar-refractivity contribution >= 4 is 21.5 Å². The highest BCUT2D eigenvalue weighted by Gasteiger charge is 2.20. The van der Waals surface area contributed by atoms with E-state index in [0.717, 1.165) is 5.92 Å². The maximum Gasteiger partial charge on any atom is -0.0143 e. The van der Waals surface area contributed by atoms with Crippen LogP contribution in [-0.4, -0.2) is 0 Å². The van der Waals surface area contributed by atoms with Crippen molar-refractivity contribution in [2.75, 3.05) is 0 Å². The lowest BCUT2D eigenvalue weighted by molar-refractivity contribution is 0.447. The smallest absolute Gasteiger partial charge is 0.0143 e. The molecular formula is C20H20. The molecule has 0 spiro atoms. The molecule has 100 valence electrons. The lowest BCUT2D eigenvalue weighted by Crippen LogP contribution is -2.05. The molecule has 0 bridgehead atoms. The van der Waals surface area contributed by atoms with Crippen LogP contribution < -0.4 is 0 Å². The zero-order valence-electron chi connectivity index (χ0n) is 11.8. The SMILES string of the molecule is c1ccc2c(C3CCCCC3)c3ccccc3cc2c1. The molecule has 1 aliphatic rings. The lowest BCUT2D eigenvalue weighted by atomic mass is 9.80. The van der Waals surface area contributed by atoms with Crippen molar-refractivity contribution in [1.82, 2.24) is 0 Å². The zero-order valence-corrected chi connectivity index (χ0v) is 11.8. The number of benzene rings is 3. The minimum absolute atomic E-state index is 0.750. The highest BCUT2D eigenvalue weighted by Crippen LogP contribution is 2.40. The molecule has 0 aromatic heterocycles. The molecule has 0 radical (unpaired) electrons. The summed E-state index contributed by atoms with van der Waals surface area (Å²) in [5, 5.41) is 5.73. The van der Waals surface area contributed by atoms with Crippen molar-refractivity contribution in [2.24, 2.45) is 0 Å². The van der Waals surface area contributed by atoms with Gasteiger partial charge in [-0.3, -0.25) is 0 Å². The van der Waals surface area contributed by atoms with Crippen LogP contribution in [-0.2, 0) is 0 Å². The van der Waals surface area contributed by atoms with Gasteiger partial charge in [-0.05, 0) is 51.9 Å². The first kappa shape index (κ1) is 12.0. The third-order valence-corrected chi connectivity index (χ3v) is 4.83. The summed E-state index contributed by atoms with van der Waals surface area (Å²) < 4.78 is 0. The van der Waals surface area contributed by atoms with Crippen LogP contribution in [0.15, 0.2) is 54.6 Å². The molecule has 0 saturated heterocycles. The standard InChI is InChI=1S/C20H20/c1-2-8-15(9-3-1)20-18-12-6-4-10-16(18)14-17-11-5-7-13-19(17)20/h4-7,10-15H,1-3,8-9H2. The Kier molecular flexibility index (Phi) is 2.95. The Bertz CT molecular complexity index is 694. The molecule has 0 amide bonds. The van der Waals surface area contributed by atoms with Crippen molar-refractivity contribution < 1.29 is 0 Å². The first-order valence-corrected chi connectivity index (χ1v) is 7.84. The van der Waals surface area contributed by atoms with E-state index in [0.29, 0.717) is 0 Å². The second kappa shape index (κ2) is 4.94. The average Bonchev–Trinajstić information content (AvgIpc) is 2.53. The van der Waals surface area contributed by atoms with Crippen LogP contribution in [0.1, 0.15) is 43.6 Å². The number of rotatable bonds is 1. The molecule has 0 nitrogen and oxygen atoms in total. The zero-order chi connectivity index (χ0) is 13.4. The van der Waals surface area contributed by atoms with E-state index in [9.17, 15) is 0 Å². The van der Waals surface area contributed by atoms with Gasteiger partial charge in [0.25, 0.3) is 0 Å². The quantitative estimate of drug-likeness (QED) is 0.468. The first-order chi connectivity index (χ1) is 9.93. The monoisotopic (exact) mass is 260 g/mol. The van der Waals surface area contributed by atoms with Gasteiger partial charge in [0.05, 0.1) is 0 Å². The fraction of sp³-hybridized carbons (Fsp3) is 0.300. The van der Waals surface area contributed by atoms with E-state index >= 15 is 0 Å². The number of fused-ring (bicyclic) bond motifs is 2. The van der Waals surface area contributed by atoms with Crippen LogP contribution in [0.3, 0.4) is 0 Å². The van der Waals surface area contributed by atoms with Crippen LogP contribution in [0.25, 0.3) is 21.5 Å². The molecule has 0 N–H and O–H groups in total. The van der Waals surface area contributed by atoms with E-state index in [1.165, 1.54) is 53.6 Å². The summed E-state index contributed by atoms with van der Waals surface area (Å²) in [6, 6.07) is 20.2. The van der Waals surface area contributed by atoms with Gasteiger partial charge < -0.3 is 0 Å². The molecule has 1 aliphatic carbocycles. The fourth-order valence-electron chi connectivity index (χ4n) is 3.88. The molecule has 20 heavy (non-hydrogen) atoms. The number of hydrogen-bond donors (Lipinski definition) is 0. The normalized spacial score (nSPS) is 16.8. The summed E-state index contributed by atoms with van der Waals surface area (Å²) in [4.78, 5) is 0. The van der Waals surface area contributed by atoms with Crippen molar-refractivity contribution in [1.29, 1.82) is 0 Å². The Labute approximate surface area is 120 Å². The van der Waals surface area contributed by atoms with E-state index in [1.807, 2.05) is 0 Å². The van der Waals surface area contributed by atoms with Crippen LogP contribution in [0, 0.1) is 0 Å². The van der Waals surface area contributed by atoms with E-state index in [2.05, 4.69) is 54.6 Å². The highest BCUT2D eigenvalue weighted by molar-refractivity contribution is 6.02. The minimum Gasteiger partial charge on any atom is -0.0616 e. The summed E-state index contributed by atoms with van der Waals surface area (Å²) >= 11 is 0. The van der Waals surface area contributed by atoms with Gasteiger partial charge in [0.15, 0.2) is 0 Å². The molecule has 3 aromatic rings. The molecule has 1 fully saturated rings. The average molecular weight is 260 g/mol. The van der Waals surface area contributed by atoms with E-state index in [-0.39, 0.29) is 0 Å². The highest BCUT2D eigenvalue weighted by atomic mass is 14.2. The van der Waals surface area contributed by atoms with Crippen molar-refractivity contribution in [2.45, 2.75) is 38.0 Å². The van der Waals surface area contributed by atoms with Gasteiger partial charge in [0, 0.05) is 0 Å². The summed E-state index contributed by atoms with van der Waals surface area (Å²) in [6.07, 6.45) is 6.92. The molecular weight excluding hydrogens is 240 g/mol. The summed E-state index contributed by atoms with van der Waals surface area (Å²) in [5.41, 5.74) is 1.61. The second-order valence-electron chi connectivity index (χ2n) is 6.07. The van der Waals surface area contributed by atoms with Crippen LogP contribution >= 0.6 is 0 Å². The molecule has 4 rings (SSSR count).